The molecule has 1 rings (SSSR count). The van der Waals surface area contributed by atoms with Crippen LogP contribution in [0.2, 0.25) is 0 Å². The van der Waals surface area contributed by atoms with Gasteiger partial charge in [0.1, 0.15) is 0 Å². The van der Waals surface area contributed by atoms with E-state index in [1.807, 2.05) is 0 Å². The summed E-state index contributed by atoms with van der Waals surface area (Å²) in [6.45, 7) is 0.153. The average Bonchev–Trinajstić information content (AvgIpc) is 2.76. The number of nitrogens with zero attached hydrogens (tertiary/aromatic N) is 1. The molecule has 7 nitrogen and oxygen atoms in total. The molecule has 0 aromatic carbocycles. The molecule has 0 amide bonds. The molecule has 0 radical (unpaired) electrons. The van der Waals surface area contributed by atoms with Crippen LogP contribution in [0.3, 0.4) is 0 Å². The second-order valence-corrected chi connectivity index (χ2v) is 5.00. The van der Waals surface area contributed by atoms with Gasteiger partial charge in [-0.15, -0.1) is 0 Å². The monoisotopic (exact) mass is 247 g/mol. The van der Waals surface area contributed by atoms with Crippen molar-refractivity contribution in [2.75, 3.05) is 12.9 Å². The molecule has 0 spiro atoms. The number of ether oxygens (including phenoxy) is 1. The molecule has 0 fully saturated rings. The SMILES string of the molecule is COC(=O)CCS(=O)(=O)NCc1cn[nH]c1. The number of rotatable bonds is 6. The number of esters is 1. The van der Waals surface area contributed by atoms with Gasteiger partial charge in [0.2, 0.25) is 10.0 Å². The molecule has 16 heavy (non-hydrogen) atoms. The van der Waals surface area contributed by atoms with E-state index >= 15 is 0 Å². The minimum absolute atomic E-state index is 0.153. The predicted octanol–water partition coefficient (Wildman–Crippen LogP) is -0.608. The fraction of sp³-hybridized carbons (Fsp3) is 0.500. The van der Waals surface area contributed by atoms with Crippen molar-refractivity contribution < 1.29 is 17.9 Å². The Bertz CT molecular complexity index is 426. The maximum Gasteiger partial charge on any atom is 0.306 e. The zero-order chi connectivity index (χ0) is 12.0. The van der Waals surface area contributed by atoms with Crippen LogP contribution in [0, 0.1) is 0 Å². The number of hydrogen-bond donors (Lipinski definition) is 2. The van der Waals surface area contributed by atoms with Crippen molar-refractivity contribution in [1.29, 1.82) is 0 Å². The summed E-state index contributed by atoms with van der Waals surface area (Å²) < 4.78 is 29.5. The van der Waals surface area contributed by atoms with Crippen LogP contribution < -0.4 is 4.72 Å². The van der Waals surface area contributed by atoms with Gasteiger partial charge >= 0.3 is 5.97 Å². The highest BCUT2D eigenvalue weighted by Crippen LogP contribution is 1.97. The summed E-state index contributed by atoms with van der Waals surface area (Å²) in [5.41, 5.74) is 0.724. The van der Waals surface area contributed by atoms with Crippen molar-refractivity contribution in [3.8, 4) is 0 Å². The first-order valence-electron chi connectivity index (χ1n) is 4.55. The summed E-state index contributed by atoms with van der Waals surface area (Å²) in [7, 11) is -2.24. The zero-order valence-corrected chi connectivity index (χ0v) is 9.58. The third-order valence-corrected chi connectivity index (χ3v) is 3.18. The molecule has 0 atom stereocenters. The molecule has 8 heteroatoms. The van der Waals surface area contributed by atoms with Crippen LogP contribution in [0.5, 0.6) is 0 Å². The number of carbonyl (C=O) groups is 1. The van der Waals surface area contributed by atoms with Crippen molar-refractivity contribution in [2.45, 2.75) is 13.0 Å². The van der Waals surface area contributed by atoms with Crippen LogP contribution >= 0.6 is 0 Å². The fourth-order valence-corrected chi connectivity index (χ4v) is 1.93. The van der Waals surface area contributed by atoms with E-state index in [0.717, 1.165) is 5.56 Å². The van der Waals surface area contributed by atoms with Gasteiger partial charge in [0.15, 0.2) is 0 Å². The smallest absolute Gasteiger partial charge is 0.306 e. The van der Waals surface area contributed by atoms with Crippen LogP contribution in [-0.2, 0) is 26.1 Å². The van der Waals surface area contributed by atoms with Gasteiger partial charge in [0.25, 0.3) is 0 Å². The number of H-pyrrole nitrogens is 1. The molecule has 1 heterocycles. The van der Waals surface area contributed by atoms with Crippen LogP contribution in [0.4, 0.5) is 0 Å². The number of sulfonamides is 1. The third-order valence-electron chi connectivity index (χ3n) is 1.85. The van der Waals surface area contributed by atoms with Gasteiger partial charge in [-0.25, -0.2) is 13.1 Å². The second-order valence-electron chi connectivity index (χ2n) is 3.07. The van der Waals surface area contributed by atoms with Crippen molar-refractivity contribution in [2.24, 2.45) is 0 Å². The van der Waals surface area contributed by atoms with Crippen molar-refractivity contribution >= 4 is 16.0 Å². The number of nitrogens with one attached hydrogen (secondary N) is 2. The quantitative estimate of drug-likeness (QED) is 0.653. The molecule has 0 aliphatic heterocycles. The van der Waals surface area contributed by atoms with Gasteiger partial charge in [-0.3, -0.25) is 9.89 Å². The van der Waals surface area contributed by atoms with Gasteiger partial charge in [0, 0.05) is 18.3 Å². The molecule has 0 saturated carbocycles. The number of methoxy groups -OCH3 is 1. The van der Waals surface area contributed by atoms with Crippen molar-refractivity contribution in [3.05, 3.63) is 18.0 Å². The summed E-state index contributed by atoms with van der Waals surface area (Å²) in [6, 6.07) is 0. The molecule has 0 unspecified atom stereocenters. The molecule has 0 aliphatic carbocycles. The highest BCUT2D eigenvalue weighted by atomic mass is 32.2. The van der Waals surface area contributed by atoms with Crippen molar-refractivity contribution in [3.63, 3.8) is 0 Å². The molecule has 0 aliphatic rings. The van der Waals surface area contributed by atoms with E-state index in [2.05, 4.69) is 19.7 Å². The topological polar surface area (TPSA) is 101 Å². The van der Waals surface area contributed by atoms with Crippen LogP contribution in [0.15, 0.2) is 12.4 Å². The minimum atomic E-state index is -3.46. The molecule has 1 aromatic heterocycles. The zero-order valence-electron chi connectivity index (χ0n) is 8.76. The highest BCUT2D eigenvalue weighted by Gasteiger charge is 2.13. The molecule has 1 aromatic rings. The first-order chi connectivity index (χ1) is 7.53. The Morgan fingerprint density at radius 1 is 1.62 bits per heavy atom. The average molecular weight is 247 g/mol. The summed E-state index contributed by atoms with van der Waals surface area (Å²) in [5, 5.41) is 6.24. The summed E-state index contributed by atoms with van der Waals surface area (Å²) in [6.07, 6.45) is 2.95. The third kappa shape index (κ3) is 4.41. The Morgan fingerprint density at radius 2 is 2.38 bits per heavy atom. The van der Waals surface area contributed by atoms with E-state index in [4.69, 9.17) is 0 Å². The van der Waals surface area contributed by atoms with E-state index in [9.17, 15) is 13.2 Å². The first kappa shape index (κ1) is 12.7. The van der Waals surface area contributed by atoms with Gasteiger partial charge in [-0.05, 0) is 0 Å². The Morgan fingerprint density at radius 3 is 2.94 bits per heavy atom. The van der Waals surface area contributed by atoms with Gasteiger partial charge in [0.05, 0.1) is 25.5 Å². The first-order valence-corrected chi connectivity index (χ1v) is 6.20. The Labute approximate surface area is 93.2 Å². The van der Waals surface area contributed by atoms with Gasteiger partial charge < -0.3 is 4.74 Å². The number of carbonyl (C=O) groups excluding carboxylic acids is 1. The Hall–Kier alpha value is -1.41. The minimum Gasteiger partial charge on any atom is -0.469 e. The lowest BCUT2D eigenvalue weighted by Gasteiger charge is -2.04. The summed E-state index contributed by atoms with van der Waals surface area (Å²) in [4.78, 5) is 10.8. The molecular formula is C8H13N3O4S. The van der Waals surface area contributed by atoms with Gasteiger partial charge in [-0.1, -0.05) is 0 Å². The summed E-state index contributed by atoms with van der Waals surface area (Å²) >= 11 is 0. The molecular weight excluding hydrogens is 234 g/mol. The van der Waals surface area contributed by atoms with E-state index < -0.39 is 16.0 Å². The molecule has 0 saturated heterocycles. The van der Waals surface area contributed by atoms with Crippen molar-refractivity contribution in [1.82, 2.24) is 14.9 Å². The lowest BCUT2D eigenvalue weighted by molar-refractivity contribution is -0.140. The lowest BCUT2D eigenvalue weighted by Crippen LogP contribution is -2.27. The van der Waals surface area contributed by atoms with Crippen LogP contribution in [-0.4, -0.2) is 37.4 Å². The van der Waals surface area contributed by atoms with E-state index in [1.165, 1.54) is 13.3 Å². The fourth-order valence-electron chi connectivity index (χ4n) is 0.960. The molecule has 90 valence electrons. The number of aromatic amines is 1. The normalized spacial score (nSPS) is 11.3. The standard InChI is InChI=1S/C8H13N3O4S/c1-15-8(12)2-3-16(13,14)11-6-7-4-9-10-5-7/h4-5,11H,2-3,6H2,1H3,(H,9,10). The van der Waals surface area contributed by atoms with E-state index in [-0.39, 0.29) is 18.7 Å². The molecule has 0 bridgehead atoms. The van der Waals surface area contributed by atoms with Gasteiger partial charge in [-0.2, -0.15) is 5.10 Å². The van der Waals surface area contributed by atoms with E-state index in [1.54, 1.807) is 6.20 Å². The largest absolute Gasteiger partial charge is 0.469 e. The molecule has 2 N–H and O–H groups in total. The lowest BCUT2D eigenvalue weighted by atomic mass is 10.4. The number of hydrogen-bond acceptors (Lipinski definition) is 5. The Kier molecular flexibility index (Phi) is 4.44. The summed E-state index contributed by atoms with van der Waals surface area (Å²) in [5.74, 6) is -0.828. The van der Waals surface area contributed by atoms with Crippen LogP contribution in [0.1, 0.15) is 12.0 Å². The number of aromatic nitrogens is 2. The predicted molar refractivity (Wildman–Crippen MR) is 55.8 cm³/mol. The van der Waals surface area contributed by atoms with Crippen LogP contribution in [0.25, 0.3) is 0 Å². The highest BCUT2D eigenvalue weighted by molar-refractivity contribution is 7.89. The Balaban J connectivity index is 2.37. The second kappa shape index (κ2) is 5.61. The maximum atomic E-state index is 11.4. The maximum absolute atomic E-state index is 11.4. The van der Waals surface area contributed by atoms with E-state index in [0.29, 0.717) is 0 Å².